The Kier molecular flexibility index (Phi) is 6.03. The third-order valence-corrected chi connectivity index (χ3v) is 5.32. The van der Waals surface area contributed by atoms with Gasteiger partial charge in [-0.25, -0.2) is 4.98 Å². The van der Waals surface area contributed by atoms with Crippen molar-refractivity contribution in [3.05, 3.63) is 16.1 Å². The van der Waals surface area contributed by atoms with Gasteiger partial charge in [-0.1, -0.05) is 13.8 Å². The van der Waals surface area contributed by atoms with Crippen molar-refractivity contribution in [2.75, 3.05) is 7.05 Å². The van der Waals surface area contributed by atoms with Crippen LogP contribution in [0.2, 0.25) is 0 Å². The first kappa shape index (κ1) is 16.3. The molecule has 2 rings (SSSR count). The number of nitrogens with one attached hydrogen (secondary N) is 2. The van der Waals surface area contributed by atoms with Gasteiger partial charge in [-0.3, -0.25) is 4.99 Å². The monoisotopic (exact) mass is 308 g/mol. The number of guanidine groups is 1. The summed E-state index contributed by atoms with van der Waals surface area (Å²) in [6, 6.07) is 0.559. The molecule has 4 nitrogen and oxygen atoms in total. The van der Waals surface area contributed by atoms with Crippen LogP contribution in [0.3, 0.4) is 0 Å². The molecule has 1 aromatic heterocycles. The Labute approximate surface area is 132 Å². The van der Waals surface area contributed by atoms with Gasteiger partial charge in [-0.05, 0) is 44.4 Å². The lowest BCUT2D eigenvalue weighted by molar-refractivity contribution is 0.250. The summed E-state index contributed by atoms with van der Waals surface area (Å²) in [5, 5.41) is 10.1. The van der Waals surface area contributed by atoms with Crippen LogP contribution in [0.15, 0.2) is 10.4 Å². The summed E-state index contributed by atoms with van der Waals surface area (Å²) in [7, 11) is 1.84. The average molecular weight is 308 g/mol. The number of thiazole rings is 1. The molecule has 0 unspecified atom stereocenters. The second-order valence-electron chi connectivity index (χ2n) is 6.31. The summed E-state index contributed by atoms with van der Waals surface area (Å²) in [5.74, 6) is 2.61. The lowest BCUT2D eigenvalue weighted by Crippen LogP contribution is -2.44. The second kappa shape index (κ2) is 7.78. The van der Waals surface area contributed by atoms with Crippen LogP contribution in [0, 0.1) is 18.8 Å². The van der Waals surface area contributed by atoms with Gasteiger partial charge >= 0.3 is 0 Å². The lowest BCUT2D eigenvalue weighted by atomic mass is 9.80. The Morgan fingerprint density at radius 3 is 2.62 bits per heavy atom. The molecule has 5 heteroatoms. The zero-order valence-electron chi connectivity index (χ0n) is 13.6. The number of aromatic nitrogens is 1. The van der Waals surface area contributed by atoms with E-state index >= 15 is 0 Å². The number of aliphatic imine (C=N–C) groups is 1. The summed E-state index contributed by atoms with van der Waals surface area (Å²) >= 11 is 1.70. The third kappa shape index (κ3) is 4.99. The van der Waals surface area contributed by atoms with Gasteiger partial charge in [0.2, 0.25) is 0 Å². The highest BCUT2D eigenvalue weighted by Crippen LogP contribution is 2.29. The van der Waals surface area contributed by atoms with Crippen molar-refractivity contribution < 1.29 is 0 Å². The molecule has 1 aromatic rings. The Bertz CT molecular complexity index is 459. The van der Waals surface area contributed by atoms with Crippen LogP contribution >= 0.6 is 11.3 Å². The summed E-state index contributed by atoms with van der Waals surface area (Å²) in [6.45, 7) is 7.46. The highest BCUT2D eigenvalue weighted by molar-refractivity contribution is 7.09. The quantitative estimate of drug-likeness (QED) is 0.662. The molecule has 1 heterocycles. The fourth-order valence-electron chi connectivity index (χ4n) is 2.96. The van der Waals surface area contributed by atoms with E-state index < -0.39 is 0 Å². The standard InChI is InChI=1S/C16H28N4S/c1-11(2)13-5-7-14(8-6-13)20-16(17-4)18-9-15-19-12(3)10-21-15/h10-11,13-14H,5-9H2,1-4H3,(H2,17,18,20). The second-order valence-corrected chi connectivity index (χ2v) is 7.25. The van der Waals surface area contributed by atoms with Crippen LogP contribution in [-0.2, 0) is 6.54 Å². The van der Waals surface area contributed by atoms with E-state index in [2.05, 4.69) is 39.8 Å². The van der Waals surface area contributed by atoms with Gasteiger partial charge in [0.15, 0.2) is 5.96 Å². The van der Waals surface area contributed by atoms with Crippen molar-refractivity contribution in [3.63, 3.8) is 0 Å². The summed E-state index contributed by atoms with van der Waals surface area (Å²) < 4.78 is 0. The van der Waals surface area contributed by atoms with E-state index in [4.69, 9.17) is 0 Å². The van der Waals surface area contributed by atoms with E-state index in [1.165, 1.54) is 25.7 Å². The molecule has 0 saturated heterocycles. The van der Waals surface area contributed by atoms with E-state index in [1.807, 2.05) is 14.0 Å². The minimum atomic E-state index is 0.559. The van der Waals surface area contributed by atoms with Crippen LogP contribution in [0.25, 0.3) is 0 Å². The number of nitrogens with zero attached hydrogens (tertiary/aromatic N) is 2. The molecule has 1 fully saturated rings. The van der Waals surface area contributed by atoms with E-state index in [0.717, 1.165) is 35.0 Å². The number of hydrogen-bond donors (Lipinski definition) is 2. The Balaban J connectivity index is 1.75. The smallest absolute Gasteiger partial charge is 0.191 e. The topological polar surface area (TPSA) is 49.3 Å². The number of aryl methyl sites for hydroxylation is 1. The molecule has 1 aliphatic rings. The first-order chi connectivity index (χ1) is 10.1. The van der Waals surface area contributed by atoms with Crippen LogP contribution in [0.5, 0.6) is 0 Å². The van der Waals surface area contributed by atoms with Gasteiger partial charge in [-0.15, -0.1) is 11.3 Å². The molecule has 0 atom stereocenters. The molecular weight excluding hydrogens is 280 g/mol. The van der Waals surface area contributed by atoms with Crippen LogP contribution in [-0.4, -0.2) is 24.0 Å². The number of rotatable bonds is 4. The van der Waals surface area contributed by atoms with Gasteiger partial charge in [0.1, 0.15) is 5.01 Å². The van der Waals surface area contributed by atoms with Crippen molar-refractivity contribution >= 4 is 17.3 Å². The van der Waals surface area contributed by atoms with Crippen molar-refractivity contribution in [1.82, 2.24) is 15.6 Å². The van der Waals surface area contributed by atoms with E-state index in [-0.39, 0.29) is 0 Å². The fraction of sp³-hybridized carbons (Fsp3) is 0.750. The average Bonchev–Trinajstić information content (AvgIpc) is 2.89. The lowest BCUT2D eigenvalue weighted by Gasteiger charge is -2.32. The SMILES string of the molecule is CN=C(NCc1nc(C)cs1)NC1CCC(C(C)C)CC1. The normalized spacial score (nSPS) is 23.4. The third-order valence-electron chi connectivity index (χ3n) is 4.35. The van der Waals surface area contributed by atoms with Crippen molar-refractivity contribution in [3.8, 4) is 0 Å². The fourth-order valence-corrected chi connectivity index (χ4v) is 3.67. The maximum atomic E-state index is 4.47. The molecule has 118 valence electrons. The predicted molar refractivity (Wildman–Crippen MR) is 90.8 cm³/mol. The first-order valence-electron chi connectivity index (χ1n) is 7.96. The van der Waals surface area contributed by atoms with Crippen LogP contribution < -0.4 is 10.6 Å². The van der Waals surface area contributed by atoms with E-state index in [0.29, 0.717) is 6.04 Å². The minimum Gasteiger partial charge on any atom is -0.354 e. The van der Waals surface area contributed by atoms with Gasteiger partial charge < -0.3 is 10.6 Å². The molecule has 0 spiro atoms. The van der Waals surface area contributed by atoms with Crippen molar-refractivity contribution in [2.45, 2.75) is 59.0 Å². The van der Waals surface area contributed by atoms with E-state index in [1.54, 1.807) is 11.3 Å². The van der Waals surface area contributed by atoms with E-state index in [9.17, 15) is 0 Å². The first-order valence-corrected chi connectivity index (χ1v) is 8.84. The van der Waals surface area contributed by atoms with Gasteiger partial charge in [0.05, 0.1) is 6.54 Å². The summed E-state index contributed by atoms with van der Waals surface area (Å²) in [4.78, 5) is 8.80. The van der Waals surface area contributed by atoms with Crippen molar-refractivity contribution in [2.24, 2.45) is 16.8 Å². The summed E-state index contributed by atoms with van der Waals surface area (Å²) in [5.41, 5.74) is 1.09. The molecule has 2 N–H and O–H groups in total. The largest absolute Gasteiger partial charge is 0.354 e. The van der Waals surface area contributed by atoms with Gasteiger partial charge in [0.25, 0.3) is 0 Å². The molecule has 0 amide bonds. The molecule has 0 bridgehead atoms. The predicted octanol–water partition coefficient (Wildman–Crippen LogP) is 3.33. The Hall–Kier alpha value is -1.10. The van der Waals surface area contributed by atoms with Crippen LogP contribution in [0.4, 0.5) is 0 Å². The molecule has 21 heavy (non-hydrogen) atoms. The maximum absolute atomic E-state index is 4.47. The molecule has 1 aliphatic carbocycles. The molecule has 0 aliphatic heterocycles. The van der Waals surface area contributed by atoms with Crippen LogP contribution in [0.1, 0.15) is 50.2 Å². The summed E-state index contributed by atoms with van der Waals surface area (Å²) in [6.07, 6.45) is 5.16. The maximum Gasteiger partial charge on any atom is 0.191 e. The zero-order valence-corrected chi connectivity index (χ0v) is 14.5. The molecule has 0 radical (unpaired) electrons. The minimum absolute atomic E-state index is 0.559. The molecular formula is C16H28N4S. The number of hydrogen-bond acceptors (Lipinski definition) is 3. The molecule has 1 saturated carbocycles. The van der Waals surface area contributed by atoms with Gasteiger partial charge in [0, 0.05) is 24.2 Å². The Morgan fingerprint density at radius 2 is 2.10 bits per heavy atom. The van der Waals surface area contributed by atoms with Gasteiger partial charge in [-0.2, -0.15) is 0 Å². The van der Waals surface area contributed by atoms with Crippen molar-refractivity contribution in [1.29, 1.82) is 0 Å². The zero-order chi connectivity index (χ0) is 15.2. The molecule has 0 aromatic carbocycles. The Morgan fingerprint density at radius 1 is 1.38 bits per heavy atom. The highest BCUT2D eigenvalue weighted by atomic mass is 32.1. The highest BCUT2D eigenvalue weighted by Gasteiger charge is 2.23.